The fraction of sp³-hybridized carbons (Fsp3) is 0.0714. The van der Waals surface area contributed by atoms with Crippen molar-refractivity contribution in [2.24, 2.45) is 5.73 Å². The summed E-state index contributed by atoms with van der Waals surface area (Å²) in [6, 6.07) is 6.66. The van der Waals surface area contributed by atoms with Crippen LogP contribution in [0.1, 0.15) is 16.1 Å². The number of aromatic nitrogens is 2. The summed E-state index contributed by atoms with van der Waals surface area (Å²) < 4.78 is 0. The standard InChI is InChI=1S/C14H11ClN4O/c15-11-5-6-12(18-9-11)19-14(20)13-10(3-1-7-16)4-2-8-17-13/h2,4-6,8-9H,7,16H2,(H,18,19,20). The number of amides is 1. The van der Waals surface area contributed by atoms with E-state index in [1.807, 2.05) is 0 Å². The van der Waals surface area contributed by atoms with E-state index in [-0.39, 0.29) is 18.1 Å². The molecule has 0 aliphatic carbocycles. The molecule has 0 saturated heterocycles. The highest BCUT2D eigenvalue weighted by molar-refractivity contribution is 6.30. The summed E-state index contributed by atoms with van der Waals surface area (Å²) >= 11 is 5.73. The van der Waals surface area contributed by atoms with E-state index in [1.54, 1.807) is 24.3 Å². The van der Waals surface area contributed by atoms with Gasteiger partial charge in [-0.05, 0) is 24.3 Å². The number of carbonyl (C=O) groups is 1. The zero-order valence-electron chi connectivity index (χ0n) is 10.4. The van der Waals surface area contributed by atoms with Crippen molar-refractivity contribution in [1.29, 1.82) is 0 Å². The van der Waals surface area contributed by atoms with Crippen LogP contribution in [0.3, 0.4) is 0 Å². The lowest BCUT2D eigenvalue weighted by molar-refractivity contribution is 0.102. The van der Waals surface area contributed by atoms with Crippen LogP contribution in [-0.4, -0.2) is 22.4 Å². The maximum absolute atomic E-state index is 12.1. The lowest BCUT2D eigenvalue weighted by Crippen LogP contribution is -2.16. The molecule has 0 fully saturated rings. The molecule has 3 N–H and O–H groups in total. The molecular weight excluding hydrogens is 276 g/mol. The Morgan fingerprint density at radius 3 is 2.90 bits per heavy atom. The summed E-state index contributed by atoms with van der Waals surface area (Å²) in [7, 11) is 0. The van der Waals surface area contributed by atoms with Gasteiger partial charge in [0.25, 0.3) is 5.91 Å². The molecule has 0 aliphatic heterocycles. The SMILES string of the molecule is NCC#Cc1cccnc1C(=O)Nc1ccc(Cl)cn1. The third kappa shape index (κ3) is 3.54. The van der Waals surface area contributed by atoms with Gasteiger partial charge in [0.1, 0.15) is 11.5 Å². The number of nitrogens with one attached hydrogen (secondary N) is 1. The Balaban J connectivity index is 2.23. The zero-order chi connectivity index (χ0) is 14.4. The molecule has 100 valence electrons. The molecular formula is C14H11ClN4O. The second kappa shape index (κ2) is 6.66. The van der Waals surface area contributed by atoms with E-state index in [9.17, 15) is 4.79 Å². The average molecular weight is 287 g/mol. The van der Waals surface area contributed by atoms with Gasteiger partial charge in [-0.1, -0.05) is 23.4 Å². The van der Waals surface area contributed by atoms with Crippen LogP contribution in [0.4, 0.5) is 5.82 Å². The fourth-order valence-corrected chi connectivity index (χ4v) is 1.57. The topological polar surface area (TPSA) is 80.9 Å². The Labute approximate surface area is 121 Å². The number of halogens is 1. The van der Waals surface area contributed by atoms with Crippen molar-refractivity contribution < 1.29 is 4.79 Å². The van der Waals surface area contributed by atoms with E-state index in [2.05, 4.69) is 27.1 Å². The van der Waals surface area contributed by atoms with Crippen molar-refractivity contribution in [3.63, 3.8) is 0 Å². The summed E-state index contributed by atoms with van der Waals surface area (Å²) in [6.07, 6.45) is 2.97. The van der Waals surface area contributed by atoms with Crippen LogP contribution >= 0.6 is 11.6 Å². The first-order chi connectivity index (χ1) is 9.70. The maximum Gasteiger partial charge on any atom is 0.276 e. The van der Waals surface area contributed by atoms with Crippen LogP contribution in [0.15, 0.2) is 36.7 Å². The molecule has 5 nitrogen and oxygen atoms in total. The van der Waals surface area contributed by atoms with Crippen molar-refractivity contribution in [3.8, 4) is 11.8 Å². The molecule has 0 aromatic carbocycles. The number of nitrogens with two attached hydrogens (primary N) is 1. The molecule has 1 amide bonds. The smallest absolute Gasteiger partial charge is 0.276 e. The lowest BCUT2D eigenvalue weighted by Gasteiger charge is -2.05. The number of carbonyl (C=O) groups excluding carboxylic acids is 1. The molecule has 20 heavy (non-hydrogen) atoms. The summed E-state index contributed by atoms with van der Waals surface area (Å²) in [5, 5.41) is 3.13. The maximum atomic E-state index is 12.1. The number of rotatable bonds is 2. The van der Waals surface area contributed by atoms with Gasteiger partial charge in [-0.2, -0.15) is 0 Å². The second-order valence-corrected chi connectivity index (χ2v) is 4.16. The summed E-state index contributed by atoms with van der Waals surface area (Å²) in [5.74, 6) is 5.51. The predicted octanol–water partition coefficient (Wildman–Crippen LogP) is 1.69. The molecule has 2 rings (SSSR count). The minimum atomic E-state index is -0.387. The Hall–Kier alpha value is -2.42. The first-order valence-electron chi connectivity index (χ1n) is 5.77. The Morgan fingerprint density at radius 2 is 2.20 bits per heavy atom. The van der Waals surface area contributed by atoms with E-state index >= 15 is 0 Å². The third-order valence-electron chi connectivity index (χ3n) is 2.32. The van der Waals surface area contributed by atoms with Crippen molar-refractivity contribution in [3.05, 3.63) is 52.9 Å². The summed E-state index contributed by atoms with van der Waals surface area (Å²) in [6.45, 7) is 0.217. The highest BCUT2D eigenvalue weighted by Gasteiger charge is 2.12. The molecule has 6 heteroatoms. The number of anilines is 1. The highest BCUT2D eigenvalue weighted by Crippen LogP contribution is 2.11. The molecule has 0 radical (unpaired) electrons. The molecule has 2 aromatic heterocycles. The number of pyridine rings is 2. The van der Waals surface area contributed by atoms with Gasteiger partial charge in [0, 0.05) is 12.4 Å². The fourth-order valence-electron chi connectivity index (χ4n) is 1.46. The van der Waals surface area contributed by atoms with E-state index in [0.29, 0.717) is 16.4 Å². The first kappa shape index (κ1) is 14.0. The van der Waals surface area contributed by atoms with E-state index in [1.165, 1.54) is 12.4 Å². The monoisotopic (exact) mass is 286 g/mol. The molecule has 0 atom stereocenters. The quantitative estimate of drug-likeness (QED) is 0.823. The van der Waals surface area contributed by atoms with Gasteiger partial charge in [0.2, 0.25) is 0 Å². The molecule has 2 heterocycles. The average Bonchev–Trinajstić information content (AvgIpc) is 2.47. The Kier molecular flexibility index (Phi) is 4.66. The minimum absolute atomic E-state index is 0.217. The van der Waals surface area contributed by atoms with Crippen molar-refractivity contribution in [2.45, 2.75) is 0 Å². The Bertz CT molecular complexity index is 674. The van der Waals surface area contributed by atoms with Gasteiger partial charge in [0.15, 0.2) is 0 Å². The highest BCUT2D eigenvalue weighted by atomic mass is 35.5. The second-order valence-electron chi connectivity index (χ2n) is 3.72. The van der Waals surface area contributed by atoms with Gasteiger partial charge >= 0.3 is 0 Å². The van der Waals surface area contributed by atoms with Gasteiger partial charge < -0.3 is 11.1 Å². The molecule has 0 aliphatic rings. The van der Waals surface area contributed by atoms with Gasteiger partial charge in [-0.15, -0.1) is 0 Å². The summed E-state index contributed by atoms with van der Waals surface area (Å²) in [4.78, 5) is 20.2. The molecule has 0 bridgehead atoms. The van der Waals surface area contributed by atoms with Crippen LogP contribution < -0.4 is 11.1 Å². The van der Waals surface area contributed by atoms with Crippen LogP contribution in [0.25, 0.3) is 0 Å². The molecule has 2 aromatic rings. The van der Waals surface area contributed by atoms with E-state index < -0.39 is 0 Å². The van der Waals surface area contributed by atoms with Crippen LogP contribution in [-0.2, 0) is 0 Å². The van der Waals surface area contributed by atoms with E-state index in [4.69, 9.17) is 17.3 Å². The van der Waals surface area contributed by atoms with Crippen LogP contribution in [0.2, 0.25) is 5.02 Å². The predicted molar refractivity (Wildman–Crippen MR) is 77.4 cm³/mol. The lowest BCUT2D eigenvalue weighted by atomic mass is 10.2. The van der Waals surface area contributed by atoms with Gasteiger partial charge in [-0.25, -0.2) is 9.97 Å². The first-order valence-corrected chi connectivity index (χ1v) is 6.15. The minimum Gasteiger partial charge on any atom is -0.320 e. The van der Waals surface area contributed by atoms with Crippen molar-refractivity contribution >= 4 is 23.3 Å². The molecule has 0 saturated carbocycles. The molecule has 0 spiro atoms. The number of nitrogens with zero attached hydrogens (tertiary/aromatic N) is 2. The normalized spacial score (nSPS) is 9.50. The summed E-state index contributed by atoms with van der Waals surface area (Å²) in [5.41, 5.74) is 6.07. The van der Waals surface area contributed by atoms with Crippen LogP contribution in [0.5, 0.6) is 0 Å². The van der Waals surface area contributed by atoms with E-state index in [0.717, 1.165) is 0 Å². The van der Waals surface area contributed by atoms with Crippen molar-refractivity contribution in [2.75, 3.05) is 11.9 Å². The largest absolute Gasteiger partial charge is 0.320 e. The number of hydrogen-bond donors (Lipinski definition) is 2. The Morgan fingerprint density at radius 1 is 1.35 bits per heavy atom. The number of hydrogen-bond acceptors (Lipinski definition) is 4. The van der Waals surface area contributed by atoms with Crippen LogP contribution in [0, 0.1) is 11.8 Å². The zero-order valence-corrected chi connectivity index (χ0v) is 11.2. The van der Waals surface area contributed by atoms with Gasteiger partial charge in [0.05, 0.1) is 17.1 Å². The van der Waals surface area contributed by atoms with Gasteiger partial charge in [-0.3, -0.25) is 4.79 Å². The third-order valence-corrected chi connectivity index (χ3v) is 2.54. The van der Waals surface area contributed by atoms with Crippen molar-refractivity contribution in [1.82, 2.24) is 9.97 Å². The molecule has 0 unspecified atom stereocenters.